The lowest BCUT2D eigenvalue weighted by Gasteiger charge is -2.34. The number of rotatable bonds is 8. The molecule has 134 valence electrons. The number of ether oxygens (including phenoxy) is 1. The van der Waals surface area contributed by atoms with Gasteiger partial charge in [-0.15, -0.1) is 0 Å². The molecule has 1 unspecified atom stereocenters. The van der Waals surface area contributed by atoms with Crippen LogP contribution in [0.5, 0.6) is 5.75 Å². The number of carbonyl (C=O) groups is 1. The quantitative estimate of drug-likeness (QED) is 0.791. The van der Waals surface area contributed by atoms with Gasteiger partial charge in [0.1, 0.15) is 5.75 Å². The van der Waals surface area contributed by atoms with Crippen LogP contribution in [0, 0.1) is 0 Å². The Morgan fingerprint density at radius 3 is 2.67 bits per heavy atom. The molecule has 0 aromatic heterocycles. The number of hydrogen-bond donors (Lipinski definition) is 1. The maximum Gasteiger partial charge on any atom is 0.260 e. The van der Waals surface area contributed by atoms with E-state index >= 15 is 0 Å². The Morgan fingerprint density at radius 1 is 1.29 bits per heavy atom. The van der Waals surface area contributed by atoms with Crippen molar-refractivity contribution in [2.24, 2.45) is 0 Å². The van der Waals surface area contributed by atoms with E-state index < -0.39 is 0 Å². The van der Waals surface area contributed by atoms with Crippen LogP contribution in [0.2, 0.25) is 0 Å². The zero-order chi connectivity index (χ0) is 17.4. The van der Waals surface area contributed by atoms with Gasteiger partial charge in [0.25, 0.3) is 5.91 Å². The molecule has 4 heteroatoms. The van der Waals surface area contributed by atoms with Crippen LogP contribution < -0.4 is 10.1 Å². The summed E-state index contributed by atoms with van der Waals surface area (Å²) < 4.78 is 5.93. The number of nitrogens with zero attached hydrogens (tertiary/aromatic N) is 1. The first-order chi connectivity index (χ1) is 11.7. The van der Waals surface area contributed by atoms with Crippen molar-refractivity contribution in [3.8, 4) is 5.75 Å². The minimum Gasteiger partial charge on any atom is -0.483 e. The lowest BCUT2D eigenvalue weighted by molar-refractivity contribution is -0.136. The standard InChI is InChI=1S/C20H32N2O2/c1-4-14-22(17-10-12-21-13-11-17)20(23)15-24-19-9-7-6-8-18(19)16(3)5-2/h6-9,16-17,21H,4-5,10-15H2,1-3H3. The third-order valence-corrected chi connectivity index (χ3v) is 4.95. The van der Waals surface area contributed by atoms with Crippen LogP contribution in [0.1, 0.15) is 57.9 Å². The van der Waals surface area contributed by atoms with E-state index in [0.29, 0.717) is 12.0 Å². The average molecular weight is 332 g/mol. The topological polar surface area (TPSA) is 41.6 Å². The minimum atomic E-state index is 0.114. The van der Waals surface area contributed by atoms with E-state index in [-0.39, 0.29) is 12.5 Å². The van der Waals surface area contributed by atoms with Crippen LogP contribution >= 0.6 is 0 Å². The molecule has 1 heterocycles. The minimum absolute atomic E-state index is 0.114. The van der Waals surface area contributed by atoms with E-state index in [1.807, 2.05) is 23.1 Å². The van der Waals surface area contributed by atoms with Crippen molar-refractivity contribution in [2.45, 2.75) is 58.4 Å². The summed E-state index contributed by atoms with van der Waals surface area (Å²) in [5.41, 5.74) is 1.19. The Balaban J connectivity index is 2.00. The Kier molecular flexibility index (Phi) is 7.57. The largest absolute Gasteiger partial charge is 0.483 e. The van der Waals surface area contributed by atoms with E-state index in [4.69, 9.17) is 4.74 Å². The molecule has 1 amide bonds. The molecule has 24 heavy (non-hydrogen) atoms. The summed E-state index contributed by atoms with van der Waals surface area (Å²) in [4.78, 5) is 14.8. The molecule has 1 aromatic carbocycles. The molecule has 2 rings (SSSR count). The van der Waals surface area contributed by atoms with Gasteiger partial charge in [0, 0.05) is 12.6 Å². The van der Waals surface area contributed by atoms with Gasteiger partial charge in [0.05, 0.1) is 0 Å². The fraction of sp³-hybridized carbons (Fsp3) is 0.650. The van der Waals surface area contributed by atoms with Crippen molar-refractivity contribution in [2.75, 3.05) is 26.2 Å². The summed E-state index contributed by atoms with van der Waals surface area (Å²) in [6, 6.07) is 8.44. The number of amides is 1. The maximum absolute atomic E-state index is 12.7. The summed E-state index contributed by atoms with van der Waals surface area (Å²) in [6.07, 6.45) is 4.12. The third-order valence-electron chi connectivity index (χ3n) is 4.95. The van der Waals surface area contributed by atoms with Gasteiger partial charge in [0.15, 0.2) is 6.61 Å². The molecule has 1 aromatic rings. The molecule has 0 spiro atoms. The summed E-state index contributed by atoms with van der Waals surface area (Å²) in [5.74, 6) is 1.40. The smallest absolute Gasteiger partial charge is 0.260 e. The summed E-state index contributed by atoms with van der Waals surface area (Å²) in [7, 11) is 0. The van der Waals surface area contributed by atoms with Gasteiger partial charge >= 0.3 is 0 Å². The van der Waals surface area contributed by atoms with Gasteiger partial charge in [-0.2, -0.15) is 0 Å². The van der Waals surface area contributed by atoms with E-state index in [0.717, 1.165) is 51.1 Å². The van der Waals surface area contributed by atoms with Crippen LogP contribution in [-0.2, 0) is 4.79 Å². The fourth-order valence-electron chi connectivity index (χ4n) is 3.33. The highest BCUT2D eigenvalue weighted by Crippen LogP contribution is 2.28. The molecule has 1 N–H and O–H groups in total. The van der Waals surface area contributed by atoms with Gasteiger partial charge in [-0.25, -0.2) is 0 Å². The van der Waals surface area contributed by atoms with Crippen LogP contribution in [0.3, 0.4) is 0 Å². The maximum atomic E-state index is 12.7. The zero-order valence-electron chi connectivity index (χ0n) is 15.4. The highest BCUT2D eigenvalue weighted by molar-refractivity contribution is 5.78. The van der Waals surface area contributed by atoms with E-state index in [1.165, 1.54) is 5.56 Å². The van der Waals surface area contributed by atoms with Crippen molar-refractivity contribution in [3.63, 3.8) is 0 Å². The molecule has 1 fully saturated rings. The van der Waals surface area contributed by atoms with Gasteiger partial charge in [-0.1, -0.05) is 39.0 Å². The third kappa shape index (κ3) is 4.97. The monoisotopic (exact) mass is 332 g/mol. The molecule has 1 aliphatic rings. The number of carbonyl (C=O) groups excluding carboxylic acids is 1. The Bertz CT molecular complexity index is 512. The van der Waals surface area contributed by atoms with Gasteiger partial charge in [0.2, 0.25) is 0 Å². The first-order valence-electron chi connectivity index (χ1n) is 9.39. The van der Waals surface area contributed by atoms with Gasteiger partial charge in [-0.3, -0.25) is 4.79 Å². The molecular weight excluding hydrogens is 300 g/mol. The van der Waals surface area contributed by atoms with E-state index in [2.05, 4.69) is 32.2 Å². The second-order valence-corrected chi connectivity index (χ2v) is 6.70. The molecule has 0 radical (unpaired) electrons. The number of nitrogens with one attached hydrogen (secondary N) is 1. The Morgan fingerprint density at radius 2 is 2.00 bits per heavy atom. The van der Waals surface area contributed by atoms with E-state index in [9.17, 15) is 4.79 Å². The molecule has 0 bridgehead atoms. The average Bonchev–Trinajstić information content (AvgIpc) is 2.64. The molecule has 1 atom stereocenters. The molecule has 4 nitrogen and oxygen atoms in total. The highest BCUT2D eigenvalue weighted by Gasteiger charge is 2.25. The number of para-hydroxylation sites is 1. The molecule has 0 aliphatic carbocycles. The Labute approximate surface area is 146 Å². The number of hydrogen-bond acceptors (Lipinski definition) is 3. The number of piperidine rings is 1. The molecule has 0 saturated carbocycles. The van der Waals surface area contributed by atoms with Crippen molar-refractivity contribution in [3.05, 3.63) is 29.8 Å². The molecule has 1 saturated heterocycles. The van der Waals surface area contributed by atoms with Crippen molar-refractivity contribution in [1.82, 2.24) is 10.2 Å². The fourth-order valence-corrected chi connectivity index (χ4v) is 3.33. The second kappa shape index (κ2) is 9.67. The predicted molar refractivity (Wildman–Crippen MR) is 98.5 cm³/mol. The summed E-state index contributed by atoms with van der Waals surface area (Å²) in [5, 5.41) is 3.37. The van der Waals surface area contributed by atoms with Gasteiger partial charge in [-0.05, 0) is 56.3 Å². The lowest BCUT2D eigenvalue weighted by Crippen LogP contribution is -2.48. The second-order valence-electron chi connectivity index (χ2n) is 6.70. The van der Waals surface area contributed by atoms with Gasteiger partial charge < -0.3 is 15.0 Å². The van der Waals surface area contributed by atoms with Crippen LogP contribution in [0.25, 0.3) is 0 Å². The van der Waals surface area contributed by atoms with Crippen molar-refractivity contribution in [1.29, 1.82) is 0 Å². The predicted octanol–water partition coefficient (Wildman–Crippen LogP) is 3.57. The first kappa shape index (κ1) is 18.8. The summed E-state index contributed by atoms with van der Waals surface area (Å²) >= 11 is 0. The molecule has 1 aliphatic heterocycles. The normalized spacial score (nSPS) is 16.6. The van der Waals surface area contributed by atoms with Crippen LogP contribution in [0.15, 0.2) is 24.3 Å². The number of benzene rings is 1. The lowest BCUT2D eigenvalue weighted by atomic mass is 9.98. The van der Waals surface area contributed by atoms with Crippen molar-refractivity contribution < 1.29 is 9.53 Å². The van der Waals surface area contributed by atoms with Crippen LogP contribution in [0.4, 0.5) is 0 Å². The molecular formula is C20H32N2O2. The SMILES string of the molecule is CCCN(C(=O)COc1ccccc1C(C)CC)C1CCNCC1. The first-order valence-corrected chi connectivity index (χ1v) is 9.39. The zero-order valence-corrected chi connectivity index (χ0v) is 15.4. The van der Waals surface area contributed by atoms with Crippen LogP contribution in [-0.4, -0.2) is 43.1 Å². The Hall–Kier alpha value is -1.55. The summed E-state index contributed by atoms with van der Waals surface area (Å²) in [6.45, 7) is 9.44. The van der Waals surface area contributed by atoms with E-state index in [1.54, 1.807) is 0 Å². The van der Waals surface area contributed by atoms with Crippen molar-refractivity contribution >= 4 is 5.91 Å². The highest BCUT2D eigenvalue weighted by atomic mass is 16.5.